The van der Waals surface area contributed by atoms with Crippen LogP contribution in [0.2, 0.25) is 5.54 Å². The quantitative estimate of drug-likeness (QED) is 0.345. The van der Waals surface area contributed by atoms with Gasteiger partial charge in [-0.05, 0) is 5.54 Å². The minimum atomic E-state index is -0.123. The van der Waals surface area contributed by atoms with E-state index in [1.807, 2.05) is 0 Å². The van der Waals surface area contributed by atoms with Crippen LogP contribution in [-0.2, 0) is 0 Å². The summed E-state index contributed by atoms with van der Waals surface area (Å²) in [6.07, 6.45) is 9.40. The van der Waals surface area contributed by atoms with Gasteiger partial charge in [0, 0.05) is 10.2 Å². The standard InChI is InChI=1S/C10H22Cl2Si/c1-2-3-4-5-6-7-8-9(13)10(11)12/h9-10H,2-8H2,1,13H3. The Morgan fingerprint density at radius 2 is 1.54 bits per heavy atom. The van der Waals surface area contributed by atoms with E-state index in [1.54, 1.807) is 0 Å². The molecule has 0 N–H and O–H groups in total. The zero-order chi connectivity index (χ0) is 10.1. The third-order valence-corrected chi connectivity index (χ3v) is 5.39. The van der Waals surface area contributed by atoms with Gasteiger partial charge in [0.15, 0.2) is 0 Å². The first kappa shape index (κ1) is 13.8. The fourth-order valence-electron chi connectivity index (χ4n) is 1.37. The van der Waals surface area contributed by atoms with Gasteiger partial charge in [0.1, 0.15) is 4.84 Å². The molecule has 0 aromatic carbocycles. The van der Waals surface area contributed by atoms with Crippen molar-refractivity contribution in [1.29, 1.82) is 0 Å². The Balaban J connectivity index is 3.07. The SMILES string of the molecule is CCCCCCCCC([SiH3])C(Cl)Cl. The maximum atomic E-state index is 5.79. The second-order valence-corrected chi connectivity index (χ2v) is 6.52. The highest BCUT2D eigenvalue weighted by Crippen LogP contribution is 2.23. The Hall–Kier alpha value is 0.797. The summed E-state index contributed by atoms with van der Waals surface area (Å²) in [5.74, 6) is 0. The molecule has 0 radical (unpaired) electrons. The van der Waals surface area contributed by atoms with Crippen LogP contribution in [0.25, 0.3) is 0 Å². The van der Waals surface area contributed by atoms with Crippen LogP contribution in [0.15, 0.2) is 0 Å². The molecule has 3 heteroatoms. The number of rotatable bonds is 8. The lowest BCUT2D eigenvalue weighted by atomic mass is 10.1. The van der Waals surface area contributed by atoms with Gasteiger partial charge >= 0.3 is 0 Å². The molecule has 0 bridgehead atoms. The molecule has 0 spiro atoms. The molecular formula is C10H22Cl2Si. The summed E-state index contributed by atoms with van der Waals surface area (Å²) in [5, 5.41) is 0. The molecule has 0 nitrogen and oxygen atoms in total. The predicted molar refractivity (Wildman–Crippen MR) is 67.2 cm³/mol. The van der Waals surface area contributed by atoms with Crippen LogP contribution in [0.4, 0.5) is 0 Å². The number of hydrogen-bond donors (Lipinski definition) is 0. The smallest absolute Gasteiger partial charge is 0.105 e. The van der Waals surface area contributed by atoms with E-state index in [0.717, 1.165) is 10.2 Å². The summed E-state index contributed by atoms with van der Waals surface area (Å²) in [7, 11) is 1.13. The fourth-order valence-corrected chi connectivity index (χ4v) is 2.03. The predicted octanol–water partition coefficient (Wildman–Crippen LogP) is 3.69. The number of halogens is 2. The van der Waals surface area contributed by atoms with Crippen LogP contribution >= 0.6 is 23.2 Å². The van der Waals surface area contributed by atoms with Gasteiger partial charge < -0.3 is 0 Å². The molecule has 1 atom stereocenters. The zero-order valence-electron chi connectivity index (χ0n) is 8.86. The molecule has 0 saturated heterocycles. The van der Waals surface area contributed by atoms with E-state index in [0.29, 0.717) is 5.54 Å². The van der Waals surface area contributed by atoms with Crippen LogP contribution in [0.5, 0.6) is 0 Å². The van der Waals surface area contributed by atoms with Gasteiger partial charge in [-0.25, -0.2) is 0 Å². The van der Waals surface area contributed by atoms with Crippen molar-refractivity contribution in [3.05, 3.63) is 0 Å². The van der Waals surface area contributed by atoms with Crippen LogP contribution in [0.1, 0.15) is 51.9 Å². The molecule has 0 amide bonds. The van der Waals surface area contributed by atoms with Gasteiger partial charge in [-0.3, -0.25) is 0 Å². The number of unbranched alkanes of at least 4 members (excludes halogenated alkanes) is 5. The summed E-state index contributed by atoms with van der Waals surface area (Å²) in [5.41, 5.74) is 0.592. The second kappa shape index (κ2) is 9.36. The molecule has 0 aromatic heterocycles. The molecule has 0 aromatic rings. The average molecular weight is 241 g/mol. The highest BCUT2D eigenvalue weighted by molar-refractivity contribution is 6.47. The van der Waals surface area contributed by atoms with Crippen LogP contribution < -0.4 is 0 Å². The van der Waals surface area contributed by atoms with E-state index in [-0.39, 0.29) is 4.84 Å². The fraction of sp³-hybridized carbons (Fsp3) is 1.00. The maximum absolute atomic E-state index is 5.79. The lowest BCUT2D eigenvalue weighted by molar-refractivity contribution is 0.582. The highest BCUT2D eigenvalue weighted by atomic mass is 35.5. The zero-order valence-corrected chi connectivity index (χ0v) is 12.4. The highest BCUT2D eigenvalue weighted by Gasteiger charge is 2.09. The molecule has 0 aliphatic heterocycles. The van der Waals surface area contributed by atoms with E-state index < -0.39 is 0 Å². The molecule has 0 saturated carbocycles. The Morgan fingerprint density at radius 1 is 1.00 bits per heavy atom. The Bertz CT molecular complexity index is 107. The third-order valence-electron chi connectivity index (χ3n) is 2.44. The van der Waals surface area contributed by atoms with E-state index in [1.165, 1.54) is 44.9 Å². The van der Waals surface area contributed by atoms with Gasteiger partial charge in [-0.2, -0.15) is 0 Å². The Labute approximate surface area is 95.8 Å². The first-order valence-corrected chi connectivity index (χ1v) is 7.49. The first-order chi connectivity index (χ1) is 6.18. The topological polar surface area (TPSA) is 0 Å². The largest absolute Gasteiger partial charge is 0.107 e. The first-order valence-electron chi connectivity index (χ1n) is 5.46. The second-order valence-electron chi connectivity index (χ2n) is 3.87. The van der Waals surface area contributed by atoms with Crippen LogP contribution in [0.3, 0.4) is 0 Å². The van der Waals surface area contributed by atoms with Crippen LogP contribution in [-0.4, -0.2) is 15.1 Å². The van der Waals surface area contributed by atoms with E-state index in [9.17, 15) is 0 Å². The number of alkyl halides is 2. The number of hydrogen-bond acceptors (Lipinski definition) is 0. The van der Waals surface area contributed by atoms with Gasteiger partial charge in [-0.15, -0.1) is 23.2 Å². The lowest BCUT2D eigenvalue weighted by Gasteiger charge is -2.11. The summed E-state index contributed by atoms with van der Waals surface area (Å²) in [6.45, 7) is 2.25. The minimum absolute atomic E-state index is 0.123. The minimum Gasteiger partial charge on any atom is -0.105 e. The molecule has 0 aliphatic rings. The molecule has 0 rings (SSSR count). The maximum Gasteiger partial charge on any atom is 0.107 e. The Kier molecular flexibility index (Phi) is 9.93. The molecule has 13 heavy (non-hydrogen) atoms. The third kappa shape index (κ3) is 9.11. The van der Waals surface area contributed by atoms with E-state index in [4.69, 9.17) is 23.2 Å². The molecular weight excluding hydrogens is 219 g/mol. The monoisotopic (exact) mass is 240 g/mol. The molecule has 1 unspecified atom stereocenters. The average Bonchev–Trinajstić information content (AvgIpc) is 2.10. The summed E-state index contributed by atoms with van der Waals surface area (Å²) >= 11 is 11.6. The van der Waals surface area contributed by atoms with Crippen molar-refractivity contribution in [2.45, 2.75) is 62.2 Å². The summed E-state index contributed by atoms with van der Waals surface area (Å²) < 4.78 is 0. The molecule has 80 valence electrons. The van der Waals surface area contributed by atoms with Crippen molar-refractivity contribution in [3.8, 4) is 0 Å². The summed E-state index contributed by atoms with van der Waals surface area (Å²) in [6, 6.07) is 0. The van der Waals surface area contributed by atoms with Crippen LogP contribution in [0, 0.1) is 0 Å². The normalized spacial score (nSPS) is 13.8. The molecule has 0 heterocycles. The van der Waals surface area contributed by atoms with Gasteiger partial charge in [0.2, 0.25) is 0 Å². The summed E-state index contributed by atoms with van der Waals surface area (Å²) in [4.78, 5) is -0.123. The molecule has 0 aliphatic carbocycles. The lowest BCUT2D eigenvalue weighted by Crippen LogP contribution is -2.01. The molecule has 0 fully saturated rings. The Morgan fingerprint density at radius 3 is 2.08 bits per heavy atom. The van der Waals surface area contributed by atoms with E-state index in [2.05, 4.69) is 6.92 Å². The van der Waals surface area contributed by atoms with Gasteiger partial charge in [0.05, 0.1) is 0 Å². The van der Waals surface area contributed by atoms with Crippen molar-refractivity contribution in [2.24, 2.45) is 0 Å². The van der Waals surface area contributed by atoms with Crippen molar-refractivity contribution in [3.63, 3.8) is 0 Å². The van der Waals surface area contributed by atoms with E-state index >= 15 is 0 Å². The van der Waals surface area contributed by atoms with Gasteiger partial charge in [-0.1, -0.05) is 51.9 Å². The van der Waals surface area contributed by atoms with Crippen molar-refractivity contribution in [2.75, 3.05) is 0 Å². The van der Waals surface area contributed by atoms with Crippen molar-refractivity contribution >= 4 is 33.4 Å². The van der Waals surface area contributed by atoms with Crippen molar-refractivity contribution < 1.29 is 0 Å². The van der Waals surface area contributed by atoms with Gasteiger partial charge in [0.25, 0.3) is 0 Å². The van der Waals surface area contributed by atoms with Crippen molar-refractivity contribution in [1.82, 2.24) is 0 Å².